The van der Waals surface area contributed by atoms with Crippen LogP contribution >= 0.6 is 0 Å². The topological polar surface area (TPSA) is 35.0 Å². The van der Waals surface area contributed by atoms with E-state index in [1.165, 1.54) is 36.6 Å². The quantitative estimate of drug-likeness (QED) is 0.374. The summed E-state index contributed by atoms with van der Waals surface area (Å²) in [5.41, 5.74) is 5.17. The third-order valence-electron chi connectivity index (χ3n) is 6.02. The molecule has 1 aliphatic heterocycles. The Kier molecular flexibility index (Phi) is 3.24. The zero-order valence-corrected chi connectivity index (χ0v) is 15.1. The first kappa shape index (κ1) is 15.2. The lowest BCUT2D eigenvalue weighted by Gasteiger charge is -2.20. The van der Waals surface area contributed by atoms with Crippen molar-refractivity contribution in [1.82, 2.24) is 9.97 Å². The Bertz CT molecular complexity index is 1190. The zero-order chi connectivity index (χ0) is 17.8. The number of hydrogen-bond acceptors (Lipinski definition) is 3. The molecule has 1 saturated carbocycles. The van der Waals surface area contributed by atoms with Crippen LogP contribution in [0.15, 0.2) is 54.6 Å². The van der Waals surface area contributed by atoms with Gasteiger partial charge in [0.25, 0.3) is 0 Å². The van der Waals surface area contributed by atoms with Gasteiger partial charge in [-0.05, 0) is 41.5 Å². The summed E-state index contributed by atoms with van der Waals surface area (Å²) in [6, 6.07) is 19.0. The normalized spacial score (nSPS) is 15.9. The van der Waals surface area contributed by atoms with E-state index in [-0.39, 0.29) is 0 Å². The lowest BCUT2D eigenvalue weighted by molar-refractivity contribution is 0.467. The van der Waals surface area contributed by atoms with Gasteiger partial charge in [-0.1, -0.05) is 62.1 Å². The van der Waals surface area contributed by atoms with Crippen LogP contribution in [0.1, 0.15) is 31.2 Å². The molecule has 0 N–H and O–H groups in total. The molecule has 1 aliphatic carbocycles. The molecule has 0 spiro atoms. The Hall–Kier alpha value is -2.94. The molecule has 0 atom stereocenters. The lowest BCUT2D eigenvalue weighted by Crippen LogP contribution is -2.03. The van der Waals surface area contributed by atoms with Crippen LogP contribution in [0, 0.1) is 5.92 Å². The third-order valence-corrected chi connectivity index (χ3v) is 6.02. The highest BCUT2D eigenvalue weighted by Gasteiger charge is 2.23. The molecule has 1 aromatic heterocycles. The summed E-state index contributed by atoms with van der Waals surface area (Å²) in [6.45, 7) is 0. The number of rotatable bonds is 2. The molecule has 3 nitrogen and oxygen atoms in total. The van der Waals surface area contributed by atoms with E-state index in [0.717, 1.165) is 45.8 Å². The SMILES string of the molecule is c1cc2c3c(cccc3c1)-c1nc3ccc(CC4CCCC4)cc3nc1O2. The monoisotopic (exact) mass is 352 g/mol. The molecule has 0 amide bonds. The minimum absolute atomic E-state index is 0.617. The van der Waals surface area contributed by atoms with Gasteiger partial charge in [0.05, 0.1) is 11.0 Å². The molecule has 0 bridgehead atoms. The van der Waals surface area contributed by atoms with E-state index in [1.54, 1.807) is 0 Å². The first-order chi connectivity index (χ1) is 13.3. The molecule has 2 aliphatic rings. The first-order valence-corrected chi connectivity index (χ1v) is 9.86. The van der Waals surface area contributed by atoms with Crippen LogP contribution in [0.2, 0.25) is 0 Å². The van der Waals surface area contributed by atoms with Crippen molar-refractivity contribution in [2.75, 3.05) is 0 Å². The van der Waals surface area contributed by atoms with Crippen molar-refractivity contribution in [1.29, 1.82) is 0 Å². The molecule has 4 aromatic rings. The van der Waals surface area contributed by atoms with E-state index in [1.807, 2.05) is 12.1 Å². The van der Waals surface area contributed by atoms with Crippen LogP contribution < -0.4 is 4.74 Å². The highest BCUT2D eigenvalue weighted by atomic mass is 16.5. The van der Waals surface area contributed by atoms with Gasteiger partial charge in [-0.15, -0.1) is 0 Å². The van der Waals surface area contributed by atoms with Gasteiger partial charge in [-0.25, -0.2) is 9.97 Å². The summed E-state index contributed by atoms with van der Waals surface area (Å²) < 4.78 is 6.16. The van der Waals surface area contributed by atoms with E-state index in [4.69, 9.17) is 14.7 Å². The van der Waals surface area contributed by atoms with Crippen LogP contribution in [0.3, 0.4) is 0 Å². The Labute approximate surface area is 158 Å². The van der Waals surface area contributed by atoms with E-state index in [0.29, 0.717) is 5.88 Å². The number of hydrogen-bond donors (Lipinski definition) is 0. The van der Waals surface area contributed by atoms with Gasteiger partial charge in [0, 0.05) is 10.9 Å². The second kappa shape index (κ2) is 5.78. The van der Waals surface area contributed by atoms with Crippen LogP contribution in [0.4, 0.5) is 0 Å². The summed E-state index contributed by atoms with van der Waals surface area (Å²) >= 11 is 0. The maximum absolute atomic E-state index is 6.16. The number of nitrogens with zero attached hydrogens (tertiary/aromatic N) is 2. The number of benzene rings is 3. The molecular weight excluding hydrogens is 332 g/mol. The highest BCUT2D eigenvalue weighted by Crippen LogP contribution is 2.44. The van der Waals surface area contributed by atoms with Crippen LogP contribution in [0.25, 0.3) is 33.1 Å². The standard InChI is InChI=1S/C24H20N2O/c1-2-6-15(5-1)13-16-11-12-19-20(14-16)26-24-23(25-19)18-9-3-7-17-8-4-10-21(27-24)22(17)18/h3-4,7-12,14-15H,1-2,5-6,13H2. The van der Waals surface area contributed by atoms with Crippen molar-refractivity contribution in [3.8, 4) is 22.9 Å². The predicted octanol–water partition coefficient (Wildman–Crippen LogP) is 6.29. The zero-order valence-electron chi connectivity index (χ0n) is 15.1. The van der Waals surface area contributed by atoms with Gasteiger partial charge < -0.3 is 4.74 Å². The Morgan fingerprint density at radius 1 is 0.889 bits per heavy atom. The lowest BCUT2D eigenvalue weighted by atomic mass is 9.97. The second-order valence-electron chi connectivity index (χ2n) is 7.82. The van der Waals surface area contributed by atoms with Gasteiger partial charge in [0.2, 0.25) is 5.88 Å². The molecule has 0 unspecified atom stereocenters. The molecule has 6 rings (SSSR count). The molecule has 0 radical (unpaired) electrons. The first-order valence-electron chi connectivity index (χ1n) is 9.86. The van der Waals surface area contributed by atoms with Crippen molar-refractivity contribution in [2.45, 2.75) is 32.1 Å². The van der Waals surface area contributed by atoms with E-state index < -0.39 is 0 Å². The Balaban J connectivity index is 1.49. The average Bonchev–Trinajstić information content (AvgIpc) is 3.20. The maximum atomic E-state index is 6.16. The summed E-state index contributed by atoms with van der Waals surface area (Å²) in [7, 11) is 0. The molecule has 3 heteroatoms. The van der Waals surface area contributed by atoms with Gasteiger partial charge in [0.15, 0.2) is 0 Å². The van der Waals surface area contributed by atoms with Crippen molar-refractivity contribution in [3.63, 3.8) is 0 Å². The number of fused-ring (bicyclic) bond motifs is 3. The summed E-state index contributed by atoms with van der Waals surface area (Å²) in [5, 5.41) is 2.29. The highest BCUT2D eigenvalue weighted by molar-refractivity contribution is 6.03. The van der Waals surface area contributed by atoms with Crippen LogP contribution in [-0.4, -0.2) is 9.97 Å². The summed E-state index contributed by atoms with van der Waals surface area (Å²) in [6.07, 6.45) is 6.63. The van der Waals surface area contributed by atoms with Crippen LogP contribution in [-0.2, 0) is 6.42 Å². The smallest absolute Gasteiger partial charge is 0.246 e. The molecule has 132 valence electrons. The molecule has 0 saturated heterocycles. The maximum Gasteiger partial charge on any atom is 0.246 e. The largest absolute Gasteiger partial charge is 0.436 e. The van der Waals surface area contributed by atoms with Crippen molar-refractivity contribution >= 4 is 21.8 Å². The van der Waals surface area contributed by atoms with Crippen LogP contribution in [0.5, 0.6) is 11.6 Å². The van der Waals surface area contributed by atoms with Gasteiger partial charge >= 0.3 is 0 Å². The Morgan fingerprint density at radius 2 is 1.74 bits per heavy atom. The van der Waals surface area contributed by atoms with Crippen molar-refractivity contribution < 1.29 is 4.74 Å². The third kappa shape index (κ3) is 2.42. The molecular formula is C24H20N2O. The van der Waals surface area contributed by atoms with E-state index in [9.17, 15) is 0 Å². The fourth-order valence-electron chi connectivity index (χ4n) is 4.70. The number of aromatic nitrogens is 2. The average molecular weight is 352 g/mol. The minimum atomic E-state index is 0.617. The Morgan fingerprint density at radius 3 is 2.63 bits per heavy atom. The fraction of sp³-hybridized carbons (Fsp3) is 0.250. The van der Waals surface area contributed by atoms with Gasteiger partial charge in [-0.2, -0.15) is 0 Å². The van der Waals surface area contributed by atoms with Crippen molar-refractivity contribution in [3.05, 3.63) is 60.2 Å². The summed E-state index contributed by atoms with van der Waals surface area (Å²) in [4.78, 5) is 9.78. The fourth-order valence-corrected chi connectivity index (χ4v) is 4.70. The summed E-state index contributed by atoms with van der Waals surface area (Å²) in [5.74, 6) is 2.31. The number of ether oxygens (including phenoxy) is 1. The van der Waals surface area contributed by atoms with Crippen molar-refractivity contribution in [2.24, 2.45) is 5.92 Å². The van der Waals surface area contributed by atoms with Gasteiger partial charge in [0.1, 0.15) is 11.4 Å². The molecule has 2 heterocycles. The van der Waals surface area contributed by atoms with Gasteiger partial charge in [-0.3, -0.25) is 0 Å². The van der Waals surface area contributed by atoms with E-state index in [2.05, 4.69) is 42.5 Å². The van der Waals surface area contributed by atoms with E-state index >= 15 is 0 Å². The minimum Gasteiger partial charge on any atom is -0.436 e. The molecule has 27 heavy (non-hydrogen) atoms. The predicted molar refractivity (Wildman–Crippen MR) is 108 cm³/mol. The molecule has 3 aromatic carbocycles. The second-order valence-corrected chi connectivity index (χ2v) is 7.82. The molecule has 1 fully saturated rings.